The Morgan fingerprint density at radius 1 is 0.889 bits per heavy atom. The van der Waals surface area contributed by atoms with Gasteiger partial charge in [0.05, 0.1) is 36.6 Å². The van der Waals surface area contributed by atoms with E-state index in [4.69, 9.17) is 14.2 Å². The normalized spacial score (nSPS) is 18.8. The third kappa shape index (κ3) is 3.88. The maximum Gasteiger partial charge on any atom is 0.339 e. The lowest BCUT2D eigenvalue weighted by Gasteiger charge is -2.36. The number of benzene rings is 2. The van der Waals surface area contributed by atoms with Crippen LogP contribution in [0.25, 0.3) is 0 Å². The van der Waals surface area contributed by atoms with Crippen LogP contribution in [0.2, 0.25) is 0 Å². The van der Waals surface area contributed by atoms with Gasteiger partial charge in [-0.2, -0.15) is 0 Å². The van der Waals surface area contributed by atoms with Crippen molar-refractivity contribution >= 4 is 29.3 Å². The van der Waals surface area contributed by atoms with Crippen LogP contribution in [0, 0.1) is 0 Å². The zero-order valence-electron chi connectivity index (χ0n) is 20.6. The van der Waals surface area contributed by atoms with Crippen molar-refractivity contribution in [1.29, 1.82) is 0 Å². The van der Waals surface area contributed by atoms with Crippen molar-refractivity contribution in [2.45, 2.75) is 39.8 Å². The highest BCUT2D eigenvalue weighted by molar-refractivity contribution is 6.21. The van der Waals surface area contributed by atoms with Crippen LogP contribution in [-0.4, -0.2) is 36.8 Å². The van der Waals surface area contributed by atoms with Gasteiger partial charge in [0.25, 0.3) is 5.91 Å². The molecule has 2 aliphatic heterocycles. The molecule has 1 spiro atoms. The molecule has 0 N–H and O–H groups in total. The first-order valence-electron chi connectivity index (χ1n) is 11.7. The number of fused-ring (bicyclic) bond motifs is 2. The van der Waals surface area contributed by atoms with E-state index in [0.717, 1.165) is 5.56 Å². The minimum atomic E-state index is -2.03. The molecule has 186 valence electrons. The van der Waals surface area contributed by atoms with Crippen LogP contribution in [-0.2, 0) is 45.5 Å². The smallest absolute Gasteiger partial charge is 0.339 e. The van der Waals surface area contributed by atoms with E-state index in [1.165, 1.54) is 18.7 Å². The highest BCUT2D eigenvalue weighted by Gasteiger charge is 2.62. The second-order valence-electron chi connectivity index (χ2n) is 8.36. The number of Topliss-reactive ketones (excluding diaryl/α,β-unsaturated/α-hetero) is 1. The fourth-order valence-electron chi connectivity index (χ4n) is 4.77. The number of nitrogens with zero attached hydrogens (tertiary/aromatic N) is 1. The van der Waals surface area contributed by atoms with Gasteiger partial charge in [-0.1, -0.05) is 48.5 Å². The van der Waals surface area contributed by atoms with E-state index in [-0.39, 0.29) is 42.2 Å². The van der Waals surface area contributed by atoms with Gasteiger partial charge in [-0.25, -0.2) is 9.59 Å². The monoisotopic (exact) mass is 489 g/mol. The summed E-state index contributed by atoms with van der Waals surface area (Å²) in [5, 5.41) is 0. The van der Waals surface area contributed by atoms with Gasteiger partial charge in [0.1, 0.15) is 11.3 Å². The number of carbonyl (C=O) groups is 4. The maximum atomic E-state index is 14.3. The summed E-state index contributed by atoms with van der Waals surface area (Å²) in [7, 11) is 0. The zero-order chi connectivity index (χ0) is 26.0. The highest BCUT2D eigenvalue weighted by Crippen LogP contribution is 2.53. The van der Waals surface area contributed by atoms with Crippen LogP contribution < -0.4 is 4.90 Å². The number of ketones is 1. The molecule has 0 saturated heterocycles. The topological polar surface area (TPSA) is 99.2 Å². The first-order chi connectivity index (χ1) is 17.3. The van der Waals surface area contributed by atoms with Crippen molar-refractivity contribution in [2.24, 2.45) is 0 Å². The summed E-state index contributed by atoms with van der Waals surface area (Å²) in [6.45, 7) is 6.16. The molecule has 0 fully saturated rings. The number of allylic oxidation sites excluding steroid dienone is 1. The molecule has 0 aromatic heterocycles. The molecule has 0 radical (unpaired) electrons. The van der Waals surface area contributed by atoms with Gasteiger partial charge < -0.3 is 19.1 Å². The van der Waals surface area contributed by atoms with E-state index in [0.29, 0.717) is 11.3 Å². The van der Waals surface area contributed by atoms with E-state index in [1.807, 2.05) is 30.3 Å². The number of hydrogen-bond acceptors (Lipinski definition) is 7. The van der Waals surface area contributed by atoms with Gasteiger partial charge in [-0.05, 0) is 39.3 Å². The fourth-order valence-corrected chi connectivity index (χ4v) is 4.77. The Bertz CT molecular complexity index is 1310. The lowest BCUT2D eigenvalue weighted by molar-refractivity contribution is -0.149. The van der Waals surface area contributed by atoms with Crippen molar-refractivity contribution in [1.82, 2.24) is 0 Å². The maximum absolute atomic E-state index is 14.3. The zero-order valence-corrected chi connectivity index (χ0v) is 20.6. The minimum absolute atomic E-state index is 0.00118. The Labute approximate surface area is 209 Å². The fraction of sp³-hybridized carbons (Fsp3) is 0.286. The third-order valence-electron chi connectivity index (χ3n) is 6.13. The average molecular weight is 490 g/mol. The Morgan fingerprint density at radius 2 is 1.50 bits per heavy atom. The second-order valence-corrected chi connectivity index (χ2v) is 8.36. The number of carbonyl (C=O) groups excluding carboxylic acids is 4. The summed E-state index contributed by atoms with van der Waals surface area (Å²) < 4.78 is 16.8. The molecule has 1 atom stereocenters. The molecule has 8 nitrogen and oxygen atoms in total. The van der Waals surface area contributed by atoms with Crippen LogP contribution in [0.4, 0.5) is 5.69 Å². The summed E-state index contributed by atoms with van der Waals surface area (Å²) in [6.07, 6.45) is 0. The van der Waals surface area contributed by atoms with Gasteiger partial charge in [0.2, 0.25) is 5.60 Å². The van der Waals surface area contributed by atoms with Crippen molar-refractivity contribution in [2.75, 3.05) is 18.1 Å². The van der Waals surface area contributed by atoms with Crippen molar-refractivity contribution in [3.8, 4) is 0 Å². The summed E-state index contributed by atoms with van der Waals surface area (Å²) in [6, 6.07) is 16.3. The number of hydrogen-bond donors (Lipinski definition) is 0. The Balaban J connectivity index is 2.03. The molecule has 1 amide bonds. The van der Waals surface area contributed by atoms with Crippen molar-refractivity contribution in [3.63, 3.8) is 0 Å². The van der Waals surface area contributed by atoms with Crippen LogP contribution in [0.5, 0.6) is 0 Å². The standard InChI is InChI=1S/C28H27NO7/c1-5-34-25(31)23-22(17(3)30)18(4)36-28(24(23)26(32)35-6-2)20-14-10-11-15-21(20)29(27(28)33)16-19-12-8-7-9-13-19/h7-15H,5-6,16H2,1-4H3. The lowest BCUT2D eigenvalue weighted by Crippen LogP contribution is -2.49. The quantitative estimate of drug-likeness (QED) is 0.546. The number of para-hydroxylation sites is 1. The molecule has 0 aliphatic carbocycles. The second kappa shape index (κ2) is 9.81. The molecule has 4 rings (SSSR count). The Kier molecular flexibility index (Phi) is 6.79. The number of anilines is 1. The molecule has 2 aromatic rings. The Hall–Kier alpha value is -4.20. The first kappa shape index (κ1) is 24.9. The molecule has 2 aromatic carbocycles. The van der Waals surface area contributed by atoms with Crippen molar-refractivity contribution < 1.29 is 33.4 Å². The molecule has 2 aliphatic rings. The van der Waals surface area contributed by atoms with Crippen LogP contribution >= 0.6 is 0 Å². The van der Waals surface area contributed by atoms with Gasteiger partial charge in [0, 0.05) is 5.56 Å². The Morgan fingerprint density at radius 3 is 2.14 bits per heavy atom. The molecular weight excluding hydrogens is 462 g/mol. The predicted octanol–water partition coefficient (Wildman–Crippen LogP) is 3.74. The van der Waals surface area contributed by atoms with Gasteiger partial charge in [-0.15, -0.1) is 0 Å². The number of rotatable bonds is 7. The number of esters is 2. The van der Waals surface area contributed by atoms with E-state index >= 15 is 0 Å². The SMILES string of the molecule is CCOC(=O)C1=C(C(=O)OCC)C2(OC(C)=C1C(C)=O)C(=O)N(Cc1ccccc1)c1ccccc12. The summed E-state index contributed by atoms with van der Waals surface area (Å²) in [4.78, 5) is 55.2. The molecule has 8 heteroatoms. The van der Waals surface area contributed by atoms with Gasteiger partial charge >= 0.3 is 11.9 Å². The summed E-state index contributed by atoms with van der Waals surface area (Å²) in [5.41, 5.74) is -1.05. The number of ether oxygens (including phenoxy) is 3. The van der Waals surface area contributed by atoms with Crippen LogP contribution in [0.1, 0.15) is 38.8 Å². The highest BCUT2D eigenvalue weighted by atomic mass is 16.5. The van der Waals surface area contributed by atoms with E-state index in [1.54, 1.807) is 38.1 Å². The van der Waals surface area contributed by atoms with Gasteiger partial charge in [0.15, 0.2) is 5.78 Å². The summed E-state index contributed by atoms with van der Waals surface area (Å²) in [5.74, 6) is -2.87. The van der Waals surface area contributed by atoms with Gasteiger partial charge in [-0.3, -0.25) is 9.59 Å². The average Bonchev–Trinajstić information content (AvgIpc) is 3.07. The molecular formula is C28H27NO7. The lowest BCUT2D eigenvalue weighted by atomic mass is 9.79. The molecule has 0 saturated carbocycles. The van der Waals surface area contributed by atoms with Crippen LogP contribution in [0.3, 0.4) is 0 Å². The summed E-state index contributed by atoms with van der Waals surface area (Å²) >= 11 is 0. The largest absolute Gasteiger partial charge is 0.471 e. The van der Waals surface area contributed by atoms with E-state index in [9.17, 15) is 19.2 Å². The van der Waals surface area contributed by atoms with Crippen LogP contribution in [0.15, 0.2) is 77.1 Å². The number of amides is 1. The molecule has 0 bridgehead atoms. The first-order valence-corrected chi connectivity index (χ1v) is 11.7. The third-order valence-corrected chi connectivity index (χ3v) is 6.13. The molecule has 2 heterocycles. The molecule has 1 unspecified atom stereocenters. The van der Waals surface area contributed by atoms with Crippen molar-refractivity contribution in [3.05, 3.63) is 88.2 Å². The predicted molar refractivity (Wildman–Crippen MR) is 131 cm³/mol. The minimum Gasteiger partial charge on any atom is -0.471 e. The molecule has 36 heavy (non-hydrogen) atoms. The van der Waals surface area contributed by atoms with E-state index < -0.39 is 29.2 Å². The van der Waals surface area contributed by atoms with E-state index in [2.05, 4.69) is 0 Å².